The number of halogens is 3. The number of rotatable bonds is 1. The Bertz CT molecular complexity index is 181. The van der Waals surface area contributed by atoms with Crippen LogP contribution in [0.3, 0.4) is 0 Å². The zero-order valence-electron chi connectivity index (χ0n) is 6.02. The van der Waals surface area contributed by atoms with E-state index >= 15 is 0 Å². The molecule has 0 heterocycles. The Balaban J connectivity index is -0.0000000800. The summed E-state index contributed by atoms with van der Waals surface area (Å²) in [6, 6.07) is 8.90. The van der Waals surface area contributed by atoms with Crippen LogP contribution in [0, 0.1) is 0 Å². The molecule has 1 aromatic carbocycles. The molecule has 0 saturated heterocycles. The van der Waals surface area contributed by atoms with Gasteiger partial charge in [-0.2, -0.15) is 17.7 Å². The molecule has 0 spiro atoms. The van der Waals surface area contributed by atoms with E-state index in [1.807, 2.05) is 6.07 Å². The molecule has 0 aliphatic carbocycles. The average molecular weight is 439 g/mol. The van der Waals surface area contributed by atoms with Gasteiger partial charge in [-0.05, 0) is 0 Å². The summed E-state index contributed by atoms with van der Waals surface area (Å²) in [6.07, 6.45) is 1.78. The van der Waals surface area contributed by atoms with E-state index in [0.717, 1.165) is 0 Å². The van der Waals surface area contributed by atoms with E-state index in [2.05, 4.69) is 0 Å². The second-order valence-electron chi connectivity index (χ2n) is 1.47. The first-order chi connectivity index (χ1) is 3.93. The van der Waals surface area contributed by atoms with Gasteiger partial charge >= 0.3 is 0 Å². The van der Waals surface area contributed by atoms with Gasteiger partial charge in [-0.15, -0.1) is 63.1 Å². The maximum Gasteiger partial charge on any atom is 0.0627 e. The van der Waals surface area contributed by atoms with E-state index in [4.69, 9.17) is 0 Å². The summed E-state index contributed by atoms with van der Waals surface area (Å²) >= 11 is 0. The van der Waals surface area contributed by atoms with E-state index in [1.54, 1.807) is 30.6 Å². The maximum absolute atomic E-state index is 9.88. The van der Waals surface area contributed by atoms with Gasteiger partial charge in [0.25, 0.3) is 0 Å². The molecule has 0 amide bonds. The second kappa shape index (κ2) is 14.7. The van der Waals surface area contributed by atoms with Crippen molar-refractivity contribution < 1.29 is 31.0 Å². The van der Waals surface area contributed by atoms with Crippen molar-refractivity contribution in [3.8, 4) is 0 Å². The monoisotopic (exact) mass is 435 g/mol. The van der Waals surface area contributed by atoms with Crippen molar-refractivity contribution >= 4 is 57.2 Å². The van der Waals surface area contributed by atoms with Gasteiger partial charge in [-0.25, -0.2) is 0 Å². The van der Waals surface area contributed by atoms with E-state index < -0.39 is 0 Å². The molecule has 0 unspecified atom stereocenters. The quantitative estimate of drug-likeness (QED) is 0.616. The normalized spacial score (nSPS) is 5.67. The van der Waals surface area contributed by atoms with Crippen molar-refractivity contribution in [2.24, 2.45) is 0 Å². The molecule has 1 nitrogen and oxygen atoms in total. The standard InChI is InChI=1S/C7H5O.3BrH.Zr/c8-6-7-4-2-1-3-5-7;;;;/h1-5H;3*1H;/q-1;;;;. The van der Waals surface area contributed by atoms with Crippen molar-refractivity contribution in [3.63, 3.8) is 0 Å². The minimum absolute atomic E-state index is 0. The molecule has 12 heavy (non-hydrogen) atoms. The molecule has 1 aromatic rings. The second-order valence-corrected chi connectivity index (χ2v) is 1.47. The minimum atomic E-state index is 0. The smallest absolute Gasteiger partial charge is 0.0627 e. The molecule has 5 heteroatoms. The van der Waals surface area contributed by atoms with Crippen molar-refractivity contribution in [3.05, 3.63) is 35.9 Å². The summed E-state index contributed by atoms with van der Waals surface area (Å²) in [5.74, 6) is 0. The number of carbonyl (C=O) groups excluding carboxylic acids is 1. The van der Waals surface area contributed by atoms with Crippen LogP contribution in [-0.4, -0.2) is 6.29 Å². The fraction of sp³-hybridized carbons (Fsp3) is 0. The molecule has 0 saturated carbocycles. The van der Waals surface area contributed by atoms with Crippen LogP contribution in [0.15, 0.2) is 30.3 Å². The Kier molecular flexibility index (Phi) is 28.5. The van der Waals surface area contributed by atoms with E-state index in [9.17, 15) is 4.79 Å². The summed E-state index contributed by atoms with van der Waals surface area (Å²) in [4.78, 5) is 9.88. The summed E-state index contributed by atoms with van der Waals surface area (Å²) in [5.41, 5.74) is 0.604. The molecule has 0 aliphatic rings. The zero-order chi connectivity index (χ0) is 5.82. The Hall–Kier alpha value is 1.21. The number of hydrogen-bond acceptors (Lipinski definition) is 1. The molecule has 0 bridgehead atoms. The molecule has 0 fully saturated rings. The van der Waals surface area contributed by atoms with Crippen LogP contribution in [-0.2, 0) is 31.0 Å². The summed E-state index contributed by atoms with van der Waals surface area (Å²) in [5, 5.41) is 0. The third kappa shape index (κ3) is 9.30. The van der Waals surface area contributed by atoms with Crippen molar-refractivity contribution in [2.45, 2.75) is 0 Å². The molecular formula is C7H8Br3OZr-. The van der Waals surface area contributed by atoms with Crippen LogP contribution < -0.4 is 0 Å². The molecule has 0 radical (unpaired) electrons. The van der Waals surface area contributed by atoms with Crippen LogP contribution in [0.4, 0.5) is 0 Å². The third-order valence-electron chi connectivity index (χ3n) is 0.892. The Morgan fingerprint density at radius 3 is 1.58 bits per heavy atom. The third-order valence-corrected chi connectivity index (χ3v) is 0.892. The molecule has 0 N–H and O–H groups in total. The van der Waals surface area contributed by atoms with Crippen LogP contribution >= 0.6 is 50.9 Å². The molecular weight excluding hydrogens is 431 g/mol. The first-order valence-corrected chi connectivity index (χ1v) is 2.36. The largest absolute Gasteiger partial charge is 0.376 e. The van der Waals surface area contributed by atoms with Crippen LogP contribution in [0.5, 0.6) is 0 Å². The SMILES string of the molecule is Br.Br.Br.O=[C-]c1ccccc1.[Zr]. The van der Waals surface area contributed by atoms with Gasteiger partial charge in [0.1, 0.15) is 0 Å². The first kappa shape index (κ1) is 23.2. The summed E-state index contributed by atoms with van der Waals surface area (Å²) < 4.78 is 0. The van der Waals surface area contributed by atoms with Gasteiger partial charge in [-0.3, -0.25) is 0 Å². The number of hydrogen-bond donors (Lipinski definition) is 0. The van der Waals surface area contributed by atoms with Crippen molar-refractivity contribution in [2.75, 3.05) is 0 Å². The van der Waals surface area contributed by atoms with Gasteiger partial charge in [0.2, 0.25) is 0 Å². The molecule has 1 rings (SSSR count). The predicted octanol–water partition coefficient (Wildman–Crippen LogP) is 2.88. The molecule has 0 aliphatic heterocycles. The minimum Gasteiger partial charge on any atom is -0.376 e. The molecule has 0 aromatic heterocycles. The van der Waals surface area contributed by atoms with Crippen LogP contribution in [0.2, 0.25) is 0 Å². The Labute approximate surface area is 123 Å². The topological polar surface area (TPSA) is 17.1 Å². The van der Waals surface area contributed by atoms with E-state index in [-0.39, 0.29) is 77.1 Å². The van der Waals surface area contributed by atoms with Gasteiger partial charge in [0.05, 0.1) is 6.29 Å². The van der Waals surface area contributed by atoms with Crippen LogP contribution in [0.25, 0.3) is 0 Å². The average Bonchev–Trinajstić information content (AvgIpc) is 1.90. The first-order valence-electron chi connectivity index (χ1n) is 2.36. The summed E-state index contributed by atoms with van der Waals surface area (Å²) in [6.45, 7) is 0. The number of benzene rings is 1. The van der Waals surface area contributed by atoms with Gasteiger partial charge in [0.15, 0.2) is 0 Å². The Morgan fingerprint density at radius 1 is 0.917 bits per heavy atom. The fourth-order valence-electron chi connectivity index (χ4n) is 0.506. The zero-order valence-corrected chi connectivity index (χ0v) is 13.6. The van der Waals surface area contributed by atoms with Gasteiger partial charge in [0, 0.05) is 26.2 Å². The maximum atomic E-state index is 9.88. The van der Waals surface area contributed by atoms with Crippen LogP contribution in [0.1, 0.15) is 5.56 Å². The van der Waals surface area contributed by atoms with Crippen molar-refractivity contribution in [1.82, 2.24) is 0 Å². The Morgan fingerprint density at radius 2 is 1.33 bits per heavy atom. The van der Waals surface area contributed by atoms with E-state index in [1.165, 1.54) is 0 Å². The predicted molar refractivity (Wildman–Crippen MR) is 62.2 cm³/mol. The fourth-order valence-corrected chi connectivity index (χ4v) is 0.506. The molecule has 0 atom stereocenters. The summed E-state index contributed by atoms with van der Waals surface area (Å²) in [7, 11) is 0. The van der Waals surface area contributed by atoms with E-state index in [0.29, 0.717) is 5.56 Å². The van der Waals surface area contributed by atoms with Gasteiger partial charge in [-0.1, -0.05) is 6.07 Å². The van der Waals surface area contributed by atoms with Crippen molar-refractivity contribution in [1.29, 1.82) is 0 Å². The molecule has 68 valence electrons. The van der Waals surface area contributed by atoms with Gasteiger partial charge < -0.3 is 4.79 Å².